The monoisotopic (exact) mass is 778 g/mol. The third-order valence-electron chi connectivity index (χ3n) is 11.7. The molecule has 0 saturated heterocycles. The van der Waals surface area contributed by atoms with Gasteiger partial charge in [0.1, 0.15) is 24.0 Å². The minimum atomic E-state index is -0.111. The Morgan fingerprint density at radius 2 is 1.17 bits per heavy atom. The van der Waals surface area contributed by atoms with Crippen LogP contribution in [0.2, 0.25) is 0 Å². The summed E-state index contributed by atoms with van der Waals surface area (Å²) in [7, 11) is 0. The van der Waals surface area contributed by atoms with Gasteiger partial charge in [-0.2, -0.15) is 4.98 Å². The Morgan fingerprint density at radius 3 is 1.90 bits per heavy atom. The normalized spacial score (nSPS) is 12.8. The highest BCUT2D eigenvalue weighted by Gasteiger charge is 2.31. The van der Waals surface area contributed by atoms with E-state index in [1.165, 1.54) is 33.5 Å². The Hall–Kier alpha value is -7.57. The fourth-order valence-electron chi connectivity index (χ4n) is 8.94. The average Bonchev–Trinajstić information content (AvgIpc) is 4.00. The second kappa shape index (κ2) is 14.1. The first kappa shape index (κ1) is 35.6. The standard InChI is InChI=1S/C54H42N4O2/c1-54(2,3)46-34-51(55-53-45(46)30-31-59-53)58-47-25-11-10-22-43(47)44-29-28-40(33-50(44)58)60-39-21-14-20-38(32-39)56-35-57(49-27-13-12-26-48(49)56)52-41(36-16-6-4-7-17-36)23-15-24-42(52)37-18-8-5-9-19-37/h4-34H,35H2,1-3H3. The number of nitrogens with zero attached hydrogens (tertiary/aromatic N) is 4. The Kier molecular flexibility index (Phi) is 8.34. The van der Waals surface area contributed by atoms with E-state index in [2.05, 4.69) is 205 Å². The van der Waals surface area contributed by atoms with Gasteiger partial charge in [0.2, 0.25) is 5.71 Å². The van der Waals surface area contributed by atoms with Crippen LogP contribution >= 0.6 is 0 Å². The molecule has 6 nitrogen and oxygen atoms in total. The predicted molar refractivity (Wildman–Crippen MR) is 246 cm³/mol. The lowest BCUT2D eigenvalue weighted by molar-refractivity contribution is 0.483. The van der Waals surface area contributed by atoms with Crippen LogP contribution in [0, 0.1) is 0 Å². The smallest absolute Gasteiger partial charge is 0.228 e. The minimum Gasteiger partial charge on any atom is -0.457 e. The maximum Gasteiger partial charge on any atom is 0.228 e. The largest absolute Gasteiger partial charge is 0.457 e. The Bertz CT molecular complexity index is 3160. The molecular weight excluding hydrogens is 737 g/mol. The minimum absolute atomic E-state index is 0.111. The number of anilines is 4. The fourth-order valence-corrected chi connectivity index (χ4v) is 8.94. The molecule has 0 N–H and O–H groups in total. The van der Waals surface area contributed by atoms with Crippen LogP contribution in [0.1, 0.15) is 26.3 Å². The molecule has 0 bridgehead atoms. The lowest BCUT2D eigenvalue weighted by Crippen LogP contribution is -2.24. The highest BCUT2D eigenvalue weighted by molar-refractivity contribution is 6.09. The Morgan fingerprint density at radius 1 is 0.533 bits per heavy atom. The molecule has 11 rings (SSSR count). The van der Waals surface area contributed by atoms with E-state index in [0.717, 1.165) is 61.6 Å². The van der Waals surface area contributed by atoms with Crippen molar-refractivity contribution >= 4 is 55.7 Å². The van der Waals surface area contributed by atoms with Crippen LogP contribution in [0.15, 0.2) is 193 Å². The number of hydrogen-bond donors (Lipinski definition) is 0. The zero-order chi connectivity index (χ0) is 40.4. The van der Waals surface area contributed by atoms with Gasteiger partial charge in [-0.25, -0.2) is 0 Å². The number of rotatable bonds is 7. The molecule has 0 radical (unpaired) electrons. The van der Waals surface area contributed by atoms with Gasteiger partial charge in [-0.15, -0.1) is 0 Å². The number of furan rings is 1. The molecule has 60 heavy (non-hydrogen) atoms. The zero-order valence-electron chi connectivity index (χ0n) is 33.7. The molecule has 10 aromatic rings. The van der Waals surface area contributed by atoms with Crippen LogP contribution in [-0.2, 0) is 5.41 Å². The van der Waals surface area contributed by atoms with Gasteiger partial charge in [0.25, 0.3) is 0 Å². The molecule has 0 amide bonds. The molecule has 0 aliphatic carbocycles. The van der Waals surface area contributed by atoms with Gasteiger partial charge in [-0.3, -0.25) is 4.57 Å². The molecule has 6 heteroatoms. The fraction of sp³-hybridized carbons (Fsp3) is 0.0926. The van der Waals surface area contributed by atoms with Crippen molar-refractivity contribution in [2.75, 3.05) is 16.5 Å². The van der Waals surface area contributed by atoms with Gasteiger partial charge in [-0.1, -0.05) is 136 Å². The number of pyridine rings is 1. The summed E-state index contributed by atoms with van der Waals surface area (Å²) < 4.78 is 14.9. The van der Waals surface area contributed by atoms with Gasteiger partial charge in [0, 0.05) is 45.1 Å². The molecule has 0 fully saturated rings. The summed E-state index contributed by atoms with van der Waals surface area (Å²) in [4.78, 5) is 9.89. The molecule has 290 valence electrons. The van der Waals surface area contributed by atoms with Crippen LogP contribution < -0.4 is 14.5 Å². The van der Waals surface area contributed by atoms with Crippen LogP contribution in [0.5, 0.6) is 11.5 Å². The van der Waals surface area contributed by atoms with Crippen molar-refractivity contribution in [1.82, 2.24) is 9.55 Å². The Balaban J connectivity index is 0.984. The summed E-state index contributed by atoms with van der Waals surface area (Å²) >= 11 is 0. The third kappa shape index (κ3) is 5.99. The maximum atomic E-state index is 6.77. The maximum absolute atomic E-state index is 6.77. The van der Waals surface area contributed by atoms with Crippen molar-refractivity contribution in [2.45, 2.75) is 26.2 Å². The second-order valence-electron chi connectivity index (χ2n) is 16.5. The molecule has 0 spiro atoms. The quantitative estimate of drug-likeness (QED) is 0.161. The first-order valence-corrected chi connectivity index (χ1v) is 20.5. The van der Waals surface area contributed by atoms with E-state index >= 15 is 0 Å². The molecular formula is C54H42N4O2. The summed E-state index contributed by atoms with van der Waals surface area (Å²) in [6.45, 7) is 7.32. The van der Waals surface area contributed by atoms with Crippen molar-refractivity contribution in [3.05, 3.63) is 194 Å². The van der Waals surface area contributed by atoms with E-state index in [0.29, 0.717) is 12.4 Å². The number of para-hydroxylation sites is 4. The third-order valence-corrected chi connectivity index (χ3v) is 11.7. The summed E-state index contributed by atoms with van der Waals surface area (Å²) in [5.74, 6) is 2.31. The number of fused-ring (bicyclic) bond motifs is 5. The van der Waals surface area contributed by atoms with Gasteiger partial charge >= 0.3 is 0 Å². The number of benzene rings is 7. The van der Waals surface area contributed by atoms with Gasteiger partial charge < -0.3 is 19.0 Å². The molecule has 4 heterocycles. The second-order valence-corrected chi connectivity index (χ2v) is 16.5. The van der Waals surface area contributed by atoms with E-state index in [4.69, 9.17) is 14.1 Å². The van der Waals surface area contributed by atoms with Crippen molar-refractivity contribution in [3.8, 4) is 39.6 Å². The zero-order valence-corrected chi connectivity index (χ0v) is 33.7. The van der Waals surface area contributed by atoms with E-state index in [1.54, 1.807) is 6.26 Å². The first-order valence-electron chi connectivity index (χ1n) is 20.5. The number of hydrogen-bond acceptors (Lipinski definition) is 5. The highest BCUT2D eigenvalue weighted by atomic mass is 16.5. The summed E-state index contributed by atoms with van der Waals surface area (Å²) in [5, 5.41) is 3.32. The first-order chi connectivity index (χ1) is 29.4. The van der Waals surface area contributed by atoms with Crippen molar-refractivity contribution in [1.29, 1.82) is 0 Å². The Labute approximate surface area is 349 Å². The van der Waals surface area contributed by atoms with E-state index in [-0.39, 0.29) is 5.41 Å². The van der Waals surface area contributed by atoms with Gasteiger partial charge in [0.15, 0.2) is 0 Å². The van der Waals surface area contributed by atoms with Crippen LogP contribution in [-0.4, -0.2) is 16.2 Å². The van der Waals surface area contributed by atoms with Crippen LogP contribution in [0.4, 0.5) is 22.7 Å². The number of aromatic nitrogens is 2. The molecule has 1 aliphatic heterocycles. The van der Waals surface area contributed by atoms with Gasteiger partial charge in [-0.05, 0) is 76.7 Å². The molecule has 0 saturated carbocycles. The summed E-state index contributed by atoms with van der Waals surface area (Å²) in [5.41, 5.74) is 13.0. The van der Waals surface area contributed by atoms with E-state index in [9.17, 15) is 0 Å². The molecule has 1 aliphatic rings. The average molecular weight is 779 g/mol. The van der Waals surface area contributed by atoms with E-state index < -0.39 is 0 Å². The summed E-state index contributed by atoms with van der Waals surface area (Å²) in [6, 6.07) is 64.2. The molecule has 0 atom stereocenters. The lowest BCUT2D eigenvalue weighted by atomic mass is 9.85. The van der Waals surface area contributed by atoms with Crippen LogP contribution in [0.25, 0.3) is 61.0 Å². The van der Waals surface area contributed by atoms with Crippen LogP contribution in [0.3, 0.4) is 0 Å². The van der Waals surface area contributed by atoms with Crippen molar-refractivity contribution < 1.29 is 9.15 Å². The van der Waals surface area contributed by atoms with E-state index in [1.807, 2.05) is 12.1 Å². The molecule has 7 aromatic carbocycles. The SMILES string of the molecule is CC(C)(C)c1cc(-n2c3ccccc3c3ccc(Oc4cccc(N5CN(c6c(-c7ccccc7)cccc6-c6ccccc6)c6ccccc65)c4)cc32)nc2occc12. The van der Waals surface area contributed by atoms with Crippen molar-refractivity contribution in [2.24, 2.45) is 0 Å². The summed E-state index contributed by atoms with van der Waals surface area (Å²) in [6.07, 6.45) is 1.73. The molecule has 3 aromatic heterocycles. The van der Waals surface area contributed by atoms with Crippen molar-refractivity contribution in [3.63, 3.8) is 0 Å². The predicted octanol–water partition coefficient (Wildman–Crippen LogP) is 14.6. The lowest BCUT2D eigenvalue weighted by Gasteiger charge is -2.27. The number of ether oxygens (including phenoxy) is 1. The van der Waals surface area contributed by atoms with Gasteiger partial charge in [0.05, 0.1) is 34.4 Å². The highest BCUT2D eigenvalue weighted by Crippen LogP contribution is 2.50. The topological polar surface area (TPSA) is 46.7 Å². The molecule has 0 unspecified atom stereocenters.